The van der Waals surface area contributed by atoms with Gasteiger partial charge in [-0.05, 0) is 12.8 Å². The van der Waals surface area contributed by atoms with E-state index in [4.69, 9.17) is 5.11 Å². The number of nitrogens with zero attached hydrogens (tertiary/aromatic N) is 3. The molecule has 5 heteroatoms. The molecule has 1 aromatic rings. The van der Waals surface area contributed by atoms with Gasteiger partial charge in [0.25, 0.3) is 0 Å². The van der Waals surface area contributed by atoms with Gasteiger partial charge in [0, 0.05) is 5.41 Å². The molecule has 0 radical (unpaired) electrons. The Morgan fingerprint density at radius 1 is 1.32 bits per heavy atom. The third-order valence-electron chi connectivity index (χ3n) is 3.60. The van der Waals surface area contributed by atoms with Gasteiger partial charge in [-0.2, -0.15) is 5.10 Å². The van der Waals surface area contributed by atoms with Gasteiger partial charge in [0.15, 0.2) is 5.82 Å². The minimum Gasteiger partial charge on any atom is -0.481 e. The molecule has 0 atom stereocenters. The highest BCUT2D eigenvalue weighted by molar-refractivity contribution is 5.69. The molecule has 5 nitrogen and oxygen atoms in total. The van der Waals surface area contributed by atoms with Crippen LogP contribution in [0.25, 0.3) is 0 Å². The van der Waals surface area contributed by atoms with E-state index in [9.17, 15) is 4.79 Å². The number of rotatable bonds is 3. The molecule has 2 rings (SSSR count). The van der Waals surface area contributed by atoms with E-state index < -0.39 is 5.97 Å². The fraction of sp³-hybridized carbons (Fsp3) is 0.786. The molecule has 19 heavy (non-hydrogen) atoms. The smallest absolute Gasteiger partial charge is 0.311 e. The number of carboxylic acids is 1. The molecule has 1 aromatic heterocycles. The molecule has 106 valence electrons. The van der Waals surface area contributed by atoms with Gasteiger partial charge in [0.2, 0.25) is 0 Å². The summed E-state index contributed by atoms with van der Waals surface area (Å²) in [4.78, 5) is 15.4. The van der Waals surface area contributed by atoms with Crippen molar-refractivity contribution in [2.45, 2.75) is 70.8 Å². The van der Waals surface area contributed by atoms with Crippen LogP contribution in [0, 0.1) is 0 Å². The molecule has 1 aliphatic carbocycles. The zero-order chi connectivity index (χ0) is 14.0. The molecule has 0 saturated heterocycles. The van der Waals surface area contributed by atoms with Crippen LogP contribution in [0.1, 0.15) is 70.6 Å². The highest BCUT2D eigenvalue weighted by Crippen LogP contribution is 2.30. The van der Waals surface area contributed by atoms with Gasteiger partial charge in [-0.25, -0.2) is 9.67 Å². The monoisotopic (exact) mass is 265 g/mol. The summed E-state index contributed by atoms with van der Waals surface area (Å²) < 4.78 is 1.88. The molecule has 0 amide bonds. The van der Waals surface area contributed by atoms with Crippen LogP contribution in [0.2, 0.25) is 0 Å². The number of hydrogen-bond acceptors (Lipinski definition) is 3. The summed E-state index contributed by atoms with van der Waals surface area (Å²) in [6.45, 7) is 6.16. The fourth-order valence-corrected chi connectivity index (χ4v) is 2.55. The van der Waals surface area contributed by atoms with Crippen LogP contribution in [0.5, 0.6) is 0 Å². The van der Waals surface area contributed by atoms with Crippen LogP contribution >= 0.6 is 0 Å². The lowest BCUT2D eigenvalue weighted by Crippen LogP contribution is -2.19. The van der Waals surface area contributed by atoms with Crippen LogP contribution < -0.4 is 0 Å². The lowest BCUT2D eigenvalue weighted by Gasteiger charge is -2.23. The van der Waals surface area contributed by atoms with Gasteiger partial charge in [-0.1, -0.05) is 40.0 Å². The maximum atomic E-state index is 11.0. The van der Waals surface area contributed by atoms with Gasteiger partial charge < -0.3 is 5.11 Å². The Kier molecular flexibility index (Phi) is 3.92. The van der Waals surface area contributed by atoms with E-state index in [2.05, 4.69) is 30.9 Å². The quantitative estimate of drug-likeness (QED) is 0.912. The maximum absolute atomic E-state index is 11.0. The van der Waals surface area contributed by atoms with Crippen molar-refractivity contribution in [1.29, 1.82) is 0 Å². The second kappa shape index (κ2) is 5.31. The highest BCUT2D eigenvalue weighted by atomic mass is 16.4. The van der Waals surface area contributed by atoms with E-state index in [0.29, 0.717) is 11.9 Å². The molecule has 0 unspecified atom stereocenters. The molecule has 1 N–H and O–H groups in total. The molecule has 1 aliphatic rings. The summed E-state index contributed by atoms with van der Waals surface area (Å²) in [6.07, 6.45) is 5.79. The van der Waals surface area contributed by atoms with Crippen LogP contribution in [0.15, 0.2) is 0 Å². The van der Waals surface area contributed by atoms with Crippen molar-refractivity contribution < 1.29 is 9.90 Å². The average molecular weight is 265 g/mol. The molecule has 0 aromatic carbocycles. The first-order chi connectivity index (χ1) is 8.88. The third-order valence-corrected chi connectivity index (χ3v) is 3.60. The molecule has 0 aliphatic heterocycles. The topological polar surface area (TPSA) is 68.0 Å². The average Bonchev–Trinajstić information content (AvgIpc) is 2.73. The predicted molar refractivity (Wildman–Crippen MR) is 72.2 cm³/mol. The summed E-state index contributed by atoms with van der Waals surface area (Å²) >= 11 is 0. The second-order valence-corrected chi connectivity index (χ2v) is 6.41. The minimum atomic E-state index is -0.843. The van der Waals surface area contributed by atoms with Crippen LogP contribution in [-0.2, 0) is 16.6 Å². The normalized spacial score (nSPS) is 17.6. The van der Waals surface area contributed by atoms with Crippen LogP contribution in [0.4, 0.5) is 0 Å². The standard InChI is InChI=1S/C14H23N3O2/c1-14(2,3)13-15-11(9-12(18)19)17(16-13)10-7-5-4-6-8-10/h10H,4-9H2,1-3H3,(H,18,19). The van der Waals surface area contributed by atoms with Crippen molar-refractivity contribution in [3.8, 4) is 0 Å². The van der Waals surface area contributed by atoms with E-state index in [0.717, 1.165) is 18.7 Å². The highest BCUT2D eigenvalue weighted by Gasteiger charge is 2.26. The van der Waals surface area contributed by atoms with Crippen molar-refractivity contribution in [3.63, 3.8) is 0 Å². The summed E-state index contributed by atoms with van der Waals surface area (Å²) in [5.74, 6) is 0.503. The Morgan fingerprint density at radius 3 is 2.47 bits per heavy atom. The van der Waals surface area contributed by atoms with Gasteiger partial charge in [-0.15, -0.1) is 0 Å². The molecule has 1 fully saturated rings. The Morgan fingerprint density at radius 2 is 1.95 bits per heavy atom. The van der Waals surface area contributed by atoms with E-state index in [1.165, 1.54) is 19.3 Å². The van der Waals surface area contributed by atoms with Gasteiger partial charge in [0.05, 0.1) is 6.04 Å². The molecular weight excluding hydrogens is 242 g/mol. The van der Waals surface area contributed by atoms with Crippen LogP contribution in [-0.4, -0.2) is 25.8 Å². The molecule has 1 heterocycles. The first kappa shape index (κ1) is 14.0. The van der Waals surface area contributed by atoms with Crippen LogP contribution in [0.3, 0.4) is 0 Å². The minimum absolute atomic E-state index is 0.0421. The van der Waals surface area contributed by atoms with Gasteiger partial charge in [-0.3, -0.25) is 4.79 Å². The van der Waals surface area contributed by atoms with E-state index in [-0.39, 0.29) is 11.8 Å². The molecule has 1 saturated carbocycles. The summed E-state index contributed by atoms with van der Waals surface area (Å²) in [6, 6.07) is 0.326. The number of aromatic nitrogens is 3. The summed E-state index contributed by atoms with van der Waals surface area (Å²) in [5.41, 5.74) is -0.146. The van der Waals surface area contributed by atoms with E-state index in [1.807, 2.05) is 4.68 Å². The van der Waals surface area contributed by atoms with Gasteiger partial charge >= 0.3 is 5.97 Å². The van der Waals surface area contributed by atoms with Crippen molar-refractivity contribution in [2.75, 3.05) is 0 Å². The first-order valence-electron chi connectivity index (χ1n) is 7.05. The number of aliphatic carboxylic acids is 1. The van der Waals surface area contributed by atoms with Crippen molar-refractivity contribution in [2.24, 2.45) is 0 Å². The Bertz CT molecular complexity index is 454. The molecular formula is C14H23N3O2. The van der Waals surface area contributed by atoms with Gasteiger partial charge in [0.1, 0.15) is 12.2 Å². The predicted octanol–water partition coefficient (Wildman–Crippen LogP) is 2.71. The van der Waals surface area contributed by atoms with Crippen molar-refractivity contribution >= 4 is 5.97 Å². The summed E-state index contributed by atoms with van der Waals surface area (Å²) in [5, 5.41) is 13.6. The van der Waals surface area contributed by atoms with E-state index >= 15 is 0 Å². The fourth-order valence-electron chi connectivity index (χ4n) is 2.55. The maximum Gasteiger partial charge on any atom is 0.311 e. The largest absolute Gasteiger partial charge is 0.481 e. The molecule has 0 bridgehead atoms. The number of hydrogen-bond donors (Lipinski definition) is 1. The van der Waals surface area contributed by atoms with Crippen molar-refractivity contribution in [3.05, 3.63) is 11.6 Å². The SMILES string of the molecule is CC(C)(C)c1nc(CC(=O)O)n(C2CCCCC2)n1. The number of carboxylic acid groups (broad SMARTS) is 1. The summed E-state index contributed by atoms with van der Waals surface area (Å²) in [7, 11) is 0. The first-order valence-corrected chi connectivity index (χ1v) is 7.05. The number of carbonyl (C=O) groups is 1. The third kappa shape index (κ3) is 3.33. The second-order valence-electron chi connectivity index (χ2n) is 6.41. The van der Waals surface area contributed by atoms with E-state index in [1.54, 1.807) is 0 Å². The Balaban J connectivity index is 2.32. The lowest BCUT2D eigenvalue weighted by atomic mass is 9.95. The van der Waals surface area contributed by atoms with Crippen molar-refractivity contribution in [1.82, 2.24) is 14.8 Å². The zero-order valence-corrected chi connectivity index (χ0v) is 12.0. The Hall–Kier alpha value is -1.39. The molecule has 0 spiro atoms. The lowest BCUT2D eigenvalue weighted by molar-refractivity contribution is -0.136. The zero-order valence-electron chi connectivity index (χ0n) is 12.0. The Labute approximate surface area is 114 Å².